The number of carbonyl (C=O) groups is 2. The van der Waals surface area contributed by atoms with E-state index >= 15 is 0 Å². The van der Waals surface area contributed by atoms with Crippen LogP contribution >= 0.6 is 0 Å². The van der Waals surface area contributed by atoms with E-state index in [9.17, 15) is 9.59 Å². The molecule has 2 amide bonds. The maximum absolute atomic E-state index is 13.4. The van der Waals surface area contributed by atoms with Gasteiger partial charge in [-0.15, -0.1) is 0 Å². The van der Waals surface area contributed by atoms with E-state index in [-0.39, 0.29) is 6.79 Å². The first kappa shape index (κ1) is 20.4. The fourth-order valence-electron chi connectivity index (χ4n) is 4.87. The zero-order valence-electron chi connectivity index (χ0n) is 18.4. The second-order valence-corrected chi connectivity index (χ2v) is 8.49. The lowest BCUT2D eigenvalue weighted by molar-refractivity contribution is -0.147. The second-order valence-electron chi connectivity index (χ2n) is 8.49. The lowest BCUT2D eigenvalue weighted by Gasteiger charge is -2.35. The van der Waals surface area contributed by atoms with Gasteiger partial charge in [-0.25, -0.2) is 0 Å². The highest BCUT2D eigenvalue weighted by Gasteiger charge is 2.37. The molecule has 4 aromatic rings. The number of aromatic nitrogens is 1. The monoisotopic (exact) mass is 453 g/mol. The minimum absolute atomic E-state index is 0.172. The van der Waals surface area contributed by atoms with Crippen LogP contribution in [0.3, 0.4) is 0 Å². The lowest BCUT2D eigenvalue weighted by atomic mass is 9.92. The van der Waals surface area contributed by atoms with Gasteiger partial charge in [0.25, 0.3) is 0 Å². The van der Waals surface area contributed by atoms with Gasteiger partial charge < -0.3 is 24.7 Å². The van der Waals surface area contributed by atoms with Crippen molar-refractivity contribution in [3.8, 4) is 11.5 Å². The number of hydrogen-bond acceptors (Lipinski definition) is 4. The summed E-state index contributed by atoms with van der Waals surface area (Å²) in [5, 5.41) is 3.92. The molecule has 6 rings (SSSR count). The average Bonchev–Trinajstić information content (AvgIpc) is 3.50. The van der Waals surface area contributed by atoms with Crippen molar-refractivity contribution in [2.24, 2.45) is 0 Å². The quantitative estimate of drug-likeness (QED) is 0.464. The first-order chi connectivity index (χ1) is 16.7. The van der Waals surface area contributed by atoms with Crippen molar-refractivity contribution in [2.45, 2.75) is 19.0 Å². The van der Waals surface area contributed by atoms with E-state index < -0.39 is 17.9 Å². The number of fused-ring (bicyclic) bond motifs is 4. The number of rotatable bonds is 3. The number of ether oxygens (including phenoxy) is 2. The molecular formula is C27H23N3O4. The first-order valence-corrected chi connectivity index (χ1v) is 11.3. The molecule has 0 aliphatic carbocycles. The van der Waals surface area contributed by atoms with Gasteiger partial charge in [-0.1, -0.05) is 54.6 Å². The molecule has 2 aliphatic heterocycles. The van der Waals surface area contributed by atoms with Crippen LogP contribution < -0.4 is 14.8 Å². The number of aromatic amines is 1. The smallest absolute Gasteiger partial charge is 0.312 e. The van der Waals surface area contributed by atoms with Crippen molar-refractivity contribution >= 4 is 22.7 Å². The second kappa shape index (κ2) is 8.26. The Bertz CT molecular complexity index is 1400. The van der Waals surface area contributed by atoms with Gasteiger partial charge in [0.2, 0.25) is 6.79 Å². The summed E-state index contributed by atoms with van der Waals surface area (Å²) in [7, 11) is 0. The third-order valence-electron chi connectivity index (χ3n) is 6.50. The standard InChI is InChI=1S/C27H23N3O4/c31-26(28-15-17-6-2-1-3-7-17)27(32)30-13-12-20-19-8-4-5-9-21(19)29-24(20)25(30)18-10-11-22-23(14-18)34-16-33-22/h1-11,14,25,29H,12-13,15-16H2,(H,28,31)/t25-/m1/s1. The molecule has 3 aromatic carbocycles. The van der Waals surface area contributed by atoms with E-state index in [1.165, 1.54) is 5.56 Å². The van der Waals surface area contributed by atoms with Gasteiger partial charge in [0, 0.05) is 29.7 Å². The predicted octanol–water partition coefficient (Wildman–Crippen LogP) is 3.69. The third kappa shape index (κ3) is 3.46. The van der Waals surface area contributed by atoms with Gasteiger partial charge in [0.1, 0.15) is 0 Å². The van der Waals surface area contributed by atoms with Crippen molar-refractivity contribution in [2.75, 3.05) is 13.3 Å². The lowest BCUT2D eigenvalue weighted by Crippen LogP contribution is -2.47. The topological polar surface area (TPSA) is 83.7 Å². The summed E-state index contributed by atoms with van der Waals surface area (Å²) in [6.07, 6.45) is 0.665. The van der Waals surface area contributed by atoms with Crippen molar-refractivity contribution in [1.29, 1.82) is 0 Å². The summed E-state index contributed by atoms with van der Waals surface area (Å²) < 4.78 is 11.1. The van der Waals surface area contributed by atoms with E-state index in [0.29, 0.717) is 31.0 Å². The predicted molar refractivity (Wildman–Crippen MR) is 126 cm³/mol. The number of nitrogens with zero attached hydrogens (tertiary/aromatic N) is 1. The Morgan fingerprint density at radius 1 is 0.971 bits per heavy atom. The zero-order chi connectivity index (χ0) is 23.1. The minimum atomic E-state index is -0.617. The summed E-state index contributed by atoms with van der Waals surface area (Å²) in [6, 6.07) is 22.9. The highest BCUT2D eigenvalue weighted by Crippen LogP contribution is 2.42. The van der Waals surface area contributed by atoms with Gasteiger partial charge in [-0.3, -0.25) is 9.59 Å². The number of hydrogen-bond donors (Lipinski definition) is 2. The molecule has 1 aromatic heterocycles. The van der Waals surface area contributed by atoms with Crippen molar-refractivity contribution in [3.05, 3.63) is 95.2 Å². The highest BCUT2D eigenvalue weighted by molar-refractivity contribution is 6.35. The third-order valence-corrected chi connectivity index (χ3v) is 6.50. The Morgan fingerprint density at radius 2 is 1.76 bits per heavy atom. The first-order valence-electron chi connectivity index (χ1n) is 11.3. The minimum Gasteiger partial charge on any atom is -0.454 e. The van der Waals surface area contributed by atoms with Crippen LogP contribution in [0.1, 0.15) is 28.4 Å². The summed E-state index contributed by atoms with van der Waals surface area (Å²) in [5.41, 5.74) is 4.91. The molecule has 0 bridgehead atoms. The maximum atomic E-state index is 13.4. The van der Waals surface area contributed by atoms with E-state index in [1.54, 1.807) is 4.90 Å². The molecule has 34 heavy (non-hydrogen) atoms. The summed E-state index contributed by atoms with van der Waals surface area (Å²) in [4.78, 5) is 31.5. The number of para-hydroxylation sites is 1. The molecular weight excluding hydrogens is 430 g/mol. The molecule has 0 saturated heterocycles. The fourth-order valence-corrected chi connectivity index (χ4v) is 4.87. The molecule has 1 atom stereocenters. The van der Waals surface area contributed by atoms with Gasteiger partial charge in [-0.05, 0) is 41.3 Å². The number of carbonyl (C=O) groups excluding carboxylic acids is 2. The highest BCUT2D eigenvalue weighted by atomic mass is 16.7. The van der Waals surface area contributed by atoms with Crippen molar-refractivity contribution < 1.29 is 19.1 Å². The van der Waals surface area contributed by atoms with Gasteiger partial charge >= 0.3 is 11.8 Å². The van der Waals surface area contributed by atoms with Gasteiger partial charge in [0.05, 0.1) is 6.04 Å². The Labute approximate surface area is 196 Å². The van der Waals surface area contributed by atoms with Crippen LogP contribution in [0.4, 0.5) is 0 Å². The summed E-state index contributed by atoms with van der Waals surface area (Å²) in [6.45, 7) is 0.906. The van der Waals surface area contributed by atoms with Crippen LogP contribution in [0.25, 0.3) is 10.9 Å². The van der Waals surface area contributed by atoms with Crippen molar-refractivity contribution in [1.82, 2.24) is 15.2 Å². The van der Waals surface area contributed by atoms with Crippen LogP contribution in [0, 0.1) is 0 Å². The average molecular weight is 453 g/mol. The number of nitrogens with one attached hydrogen (secondary N) is 2. The molecule has 0 saturated carbocycles. The number of benzene rings is 3. The van der Waals surface area contributed by atoms with Crippen molar-refractivity contribution in [3.63, 3.8) is 0 Å². The molecule has 2 aliphatic rings. The van der Waals surface area contributed by atoms with E-state index in [2.05, 4.69) is 16.4 Å². The molecule has 170 valence electrons. The Balaban J connectivity index is 1.36. The van der Waals surface area contributed by atoms with Crippen LogP contribution in [-0.2, 0) is 22.6 Å². The molecule has 0 fully saturated rings. The largest absolute Gasteiger partial charge is 0.454 e. The van der Waals surface area contributed by atoms with E-state index in [1.807, 2.05) is 66.7 Å². The molecule has 0 unspecified atom stereocenters. The van der Waals surface area contributed by atoms with Crippen LogP contribution in [0.2, 0.25) is 0 Å². The van der Waals surface area contributed by atoms with Gasteiger partial charge in [0.15, 0.2) is 11.5 Å². The molecule has 7 heteroatoms. The normalized spacial score (nSPS) is 16.4. The Kier molecular flexibility index (Phi) is 4.95. The SMILES string of the molecule is O=C(NCc1ccccc1)C(=O)N1CCc2c([nH]c3ccccc23)[C@H]1c1ccc2c(c1)OCO2. The fraction of sp³-hybridized carbons (Fsp3) is 0.185. The number of amides is 2. The zero-order valence-corrected chi connectivity index (χ0v) is 18.4. The van der Waals surface area contributed by atoms with Gasteiger partial charge in [-0.2, -0.15) is 0 Å². The van der Waals surface area contributed by atoms with Crippen LogP contribution in [0.15, 0.2) is 72.8 Å². The molecule has 2 N–H and O–H groups in total. The Hall–Kier alpha value is -4.26. The molecule has 0 radical (unpaired) electrons. The van der Waals surface area contributed by atoms with Crippen LogP contribution in [-0.4, -0.2) is 35.0 Å². The number of H-pyrrole nitrogens is 1. The molecule has 7 nitrogen and oxygen atoms in total. The van der Waals surface area contributed by atoms with E-state index in [0.717, 1.165) is 27.7 Å². The molecule has 0 spiro atoms. The molecule has 3 heterocycles. The maximum Gasteiger partial charge on any atom is 0.312 e. The summed E-state index contributed by atoms with van der Waals surface area (Å²) >= 11 is 0. The van der Waals surface area contributed by atoms with E-state index in [4.69, 9.17) is 9.47 Å². The van der Waals surface area contributed by atoms with Crippen LogP contribution in [0.5, 0.6) is 11.5 Å². The Morgan fingerprint density at radius 3 is 2.65 bits per heavy atom. The summed E-state index contributed by atoms with van der Waals surface area (Å²) in [5.74, 6) is 0.147.